The second-order valence-electron chi connectivity index (χ2n) is 5.36. The fourth-order valence-corrected chi connectivity index (χ4v) is 2.57. The monoisotopic (exact) mass is 327 g/mol. The van der Waals surface area contributed by atoms with E-state index in [0.29, 0.717) is 12.8 Å². The molecule has 1 aromatic rings. The Bertz CT molecular complexity index is 605. The lowest BCUT2D eigenvalue weighted by atomic mass is 9.87. The fraction of sp³-hybridized carbons (Fsp3) is 0.533. The second-order valence-corrected chi connectivity index (χ2v) is 5.36. The summed E-state index contributed by atoms with van der Waals surface area (Å²) in [5, 5.41) is 11.7. The fourth-order valence-electron chi connectivity index (χ4n) is 2.57. The third-order valence-corrected chi connectivity index (χ3v) is 3.81. The number of halogens is 3. The molecule has 0 aliphatic heterocycles. The van der Waals surface area contributed by atoms with Gasteiger partial charge in [-0.3, -0.25) is 4.79 Å². The number of carbonyl (C=O) groups is 1. The van der Waals surface area contributed by atoms with Gasteiger partial charge in [-0.15, -0.1) is 0 Å². The lowest BCUT2D eigenvalue weighted by Gasteiger charge is -2.19. The Labute approximate surface area is 131 Å². The molecule has 23 heavy (non-hydrogen) atoms. The van der Waals surface area contributed by atoms with E-state index in [1.807, 2.05) is 0 Å². The Hall–Kier alpha value is -2.30. The van der Waals surface area contributed by atoms with E-state index in [1.54, 1.807) is 0 Å². The average Bonchev–Trinajstić information content (AvgIpc) is 3.01. The van der Waals surface area contributed by atoms with Gasteiger partial charge in [-0.1, -0.05) is 12.8 Å². The molecule has 124 valence electrons. The lowest BCUT2D eigenvalue weighted by molar-refractivity contribution is -0.139. The summed E-state index contributed by atoms with van der Waals surface area (Å²) >= 11 is 0. The van der Waals surface area contributed by atoms with E-state index >= 15 is 0 Å². The number of carbonyl (C=O) groups excluding carboxylic acids is 1. The van der Waals surface area contributed by atoms with Crippen LogP contribution in [-0.2, 0) is 11.0 Å². The highest BCUT2D eigenvalue weighted by Crippen LogP contribution is 2.37. The zero-order chi connectivity index (χ0) is 16.9. The van der Waals surface area contributed by atoms with Gasteiger partial charge in [-0.05, 0) is 25.0 Å². The standard InChI is InChI=1S/C15H16F3N3O2/c16-15(17,18)11-4-3-7-20-12(11)23-9-8-21-13(22)14(10-19)5-1-2-6-14/h3-4,7H,1-2,5-6,8-9H2,(H,21,22). The van der Waals surface area contributed by atoms with Crippen LogP contribution in [0.25, 0.3) is 0 Å². The number of amides is 1. The van der Waals surface area contributed by atoms with E-state index in [0.717, 1.165) is 18.9 Å². The first kappa shape index (κ1) is 17.1. The topological polar surface area (TPSA) is 75.0 Å². The Morgan fingerprint density at radius 3 is 2.74 bits per heavy atom. The van der Waals surface area contributed by atoms with Crippen molar-refractivity contribution in [2.45, 2.75) is 31.9 Å². The third-order valence-electron chi connectivity index (χ3n) is 3.81. The predicted octanol–water partition coefficient (Wildman–Crippen LogP) is 2.68. The third kappa shape index (κ3) is 3.92. The predicted molar refractivity (Wildman–Crippen MR) is 74.3 cm³/mol. The van der Waals surface area contributed by atoms with Crippen molar-refractivity contribution in [3.63, 3.8) is 0 Å². The zero-order valence-electron chi connectivity index (χ0n) is 12.3. The first-order chi connectivity index (χ1) is 10.9. The molecule has 0 saturated heterocycles. The van der Waals surface area contributed by atoms with Crippen LogP contribution >= 0.6 is 0 Å². The van der Waals surface area contributed by atoms with E-state index in [2.05, 4.69) is 16.4 Å². The maximum atomic E-state index is 12.8. The molecule has 1 aliphatic carbocycles. The molecule has 0 aromatic carbocycles. The van der Waals surface area contributed by atoms with Gasteiger partial charge < -0.3 is 10.1 Å². The number of aromatic nitrogens is 1. The van der Waals surface area contributed by atoms with Gasteiger partial charge in [0.2, 0.25) is 11.8 Å². The van der Waals surface area contributed by atoms with Gasteiger partial charge in [0.1, 0.15) is 17.6 Å². The van der Waals surface area contributed by atoms with Crippen LogP contribution < -0.4 is 10.1 Å². The summed E-state index contributed by atoms with van der Waals surface area (Å²) in [6, 6.07) is 4.10. The van der Waals surface area contributed by atoms with Crippen molar-refractivity contribution >= 4 is 5.91 Å². The molecule has 8 heteroatoms. The van der Waals surface area contributed by atoms with Crippen molar-refractivity contribution in [3.05, 3.63) is 23.9 Å². The number of nitrogens with zero attached hydrogens (tertiary/aromatic N) is 2. The smallest absolute Gasteiger partial charge is 0.421 e. The van der Waals surface area contributed by atoms with E-state index in [4.69, 9.17) is 4.74 Å². The van der Waals surface area contributed by atoms with Crippen molar-refractivity contribution in [2.75, 3.05) is 13.2 Å². The quantitative estimate of drug-likeness (QED) is 0.844. The van der Waals surface area contributed by atoms with Crippen LogP contribution in [0.4, 0.5) is 13.2 Å². The van der Waals surface area contributed by atoms with Crippen molar-refractivity contribution in [1.29, 1.82) is 5.26 Å². The highest BCUT2D eigenvalue weighted by Gasteiger charge is 2.41. The Morgan fingerprint density at radius 1 is 1.43 bits per heavy atom. The Kier molecular flexibility index (Phi) is 5.08. The molecule has 0 unspecified atom stereocenters. The molecule has 1 fully saturated rings. The molecule has 1 aliphatic rings. The van der Waals surface area contributed by atoms with Crippen LogP contribution in [0.15, 0.2) is 18.3 Å². The van der Waals surface area contributed by atoms with Gasteiger partial charge in [0.05, 0.1) is 12.6 Å². The largest absolute Gasteiger partial charge is 0.475 e. The van der Waals surface area contributed by atoms with Gasteiger partial charge in [-0.25, -0.2) is 4.98 Å². The number of ether oxygens (including phenoxy) is 1. The molecule has 2 rings (SSSR count). The molecule has 0 bridgehead atoms. The van der Waals surface area contributed by atoms with E-state index < -0.39 is 28.9 Å². The van der Waals surface area contributed by atoms with Gasteiger partial charge >= 0.3 is 6.18 Å². The van der Waals surface area contributed by atoms with Gasteiger partial charge in [0, 0.05) is 6.20 Å². The minimum atomic E-state index is -4.55. The lowest BCUT2D eigenvalue weighted by Crippen LogP contribution is -2.40. The van der Waals surface area contributed by atoms with Crippen LogP contribution in [0, 0.1) is 16.7 Å². The molecule has 0 atom stereocenters. The molecule has 1 amide bonds. The first-order valence-corrected chi connectivity index (χ1v) is 7.24. The first-order valence-electron chi connectivity index (χ1n) is 7.24. The van der Waals surface area contributed by atoms with Crippen molar-refractivity contribution in [3.8, 4) is 11.9 Å². The number of rotatable bonds is 5. The number of hydrogen-bond acceptors (Lipinski definition) is 4. The molecular weight excluding hydrogens is 311 g/mol. The average molecular weight is 327 g/mol. The summed E-state index contributed by atoms with van der Waals surface area (Å²) < 4.78 is 43.3. The number of alkyl halides is 3. The number of nitriles is 1. The summed E-state index contributed by atoms with van der Waals surface area (Å²) in [4.78, 5) is 15.6. The van der Waals surface area contributed by atoms with Crippen molar-refractivity contribution in [2.24, 2.45) is 5.41 Å². The Morgan fingerprint density at radius 2 is 2.13 bits per heavy atom. The molecule has 1 heterocycles. The molecule has 1 aromatic heterocycles. The van der Waals surface area contributed by atoms with E-state index in [9.17, 15) is 23.2 Å². The van der Waals surface area contributed by atoms with E-state index in [1.165, 1.54) is 12.3 Å². The van der Waals surface area contributed by atoms with Crippen LogP contribution in [0.3, 0.4) is 0 Å². The Balaban J connectivity index is 1.87. The molecule has 5 nitrogen and oxygen atoms in total. The number of nitrogens with one attached hydrogen (secondary N) is 1. The molecule has 0 radical (unpaired) electrons. The van der Waals surface area contributed by atoms with Gasteiger partial charge in [-0.2, -0.15) is 18.4 Å². The summed E-state index contributed by atoms with van der Waals surface area (Å²) in [6.45, 7) is -0.149. The molecule has 0 spiro atoms. The summed E-state index contributed by atoms with van der Waals surface area (Å²) in [6.07, 6.45) is -0.696. The van der Waals surface area contributed by atoms with E-state index in [-0.39, 0.29) is 13.2 Å². The minimum Gasteiger partial charge on any atom is -0.475 e. The summed E-state index contributed by atoms with van der Waals surface area (Å²) in [5.74, 6) is -0.914. The van der Waals surface area contributed by atoms with Crippen molar-refractivity contribution < 1.29 is 22.7 Å². The van der Waals surface area contributed by atoms with Gasteiger partial charge in [0.15, 0.2) is 0 Å². The minimum absolute atomic E-state index is 0.0101. The molecular formula is C15H16F3N3O2. The van der Waals surface area contributed by atoms with Crippen molar-refractivity contribution in [1.82, 2.24) is 10.3 Å². The zero-order valence-corrected chi connectivity index (χ0v) is 12.3. The number of pyridine rings is 1. The SMILES string of the molecule is N#CC1(C(=O)NCCOc2ncccc2C(F)(F)F)CCCC1. The van der Waals surface area contributed by atoms with Crippen LogP contribution in [0.1, 0.15) is 31.2 Å². The van der Waals surface area contributed by atoms with Gasteiger partial charge in [0.25, 0.3) is 0 Å². The van der Waals surface area contributed by atoms with Crippen LogP contribution in [0.5, 0.6) is 5.88 Å². The molecule has 1 N–H and O–H groups in total. The maximum Gasteiger partial charge on any atom is 0.421 e. The van der Waals surface area contributed by atoms with Crippen LogP contribution in [-0.4, -0.2) is 24.0 Å². The van der Waals surface area contributed by atoms with Crippen LogP contribution in [0.2, 0.25) is 0 Å². The second kappa shape index (κ2) is 6.86. The maximum absolute atomic E-state index is 12.8. The highest BCUT2D eigenvalue weighted by molar-refractivity contribution is 5.85. The number of hydrogen-bond donors (Lipinski definition) is 1. The highest BCUT2D eigenvalue weighted by atomic mass is 19.4. The summed E-state index contributed by atoms with van der Waals surface area (Å²) in [5.41, 5.74) is -1.97. The normalized spacial score (nSPS) is 16.6. The molecule has 1 saturated carbocycles. The summed E-state index contributed by atoms with van der Waals surface area (Å²) in [7, 11) is 0.